The quantitative estimate of drug-likeness (QED) is 0.895. The minimum absolute atomic E-state index is 0.191. The molecule has 0 atom stereocenters. The van der Waals surface area contributed by atoms with Crippen molar-refractivity contribution >= 4 is 5.82 Å². The van der Waals surface area contributed by atoms with Gasteiger partial charge in [0.1, 0.15) is 5.75 Å². The number of halogens is 2. The molecule has 0 amide bonds. The molecule has 5 heteroatoms. The van der Waals surface area contributed by atoms with E-state index in [9.17, 15) is 8.78 Å². The molecule has 1 aromatic heterocycles. The number of nitrogen functional groups attached to an aromatic ring is 1. The minimum atomic E-state index is -0.903. The molecule has 0 saturated carbocycles. The van der Waals surface area contributed by atoms with Gasteiger partial charge in [-0.05, 0) is 18.4 Å². The van der Waals surface area contributed by atoms with Crippen molar-refractivity contribution in [3.8, 4) is 11.6 Å². The molecule has 0 saturated heterocycles. The molecule has 3 nitrogen and oxygen atoms in total. The van der Waals surface area contributed by atoms with Gasteiger partial charge in [-0.25, -0.2) is 8.78 Å². The zero-order chi connectivity index (χ0) is 15.8. The molecule has 2 N–H and O–H groups in total. The smallest absolute Gasteiger partial charge is 0.258 e. The molecule has 0 radical (unpaired) electrons. The topological polar surface area (TPSA) is 48.1 Å². The largest absolute Gasteiger partial charge is 0.436 e. The van der Waals surface area contributed by atoms with Crippen molar-refractivity contribution in [2.75, 3.05) is 5.73 Å². The number of ether oxygens (including phenoxy) is 1. The summed E-state index contributed by atoms with van der Waals surface area (Å²) in [5.41, 5.74) is 7.14. The summed E-state index contributed by atoms with van der Waals surface area (Å²) in [6.07, 6.45) is 0. The molecule has 2 aromatic rings. The second kappa shape index (κ2) is 5.31. The van der Waals surface area contributed by atoms with Gasteiger partial charge in [0.2, 0.25) is 0 Å². The highest BCUT2D eigenvalue weighted by atomic mass is 19.1. The SMILES string of the molecule is Cc1ccc(Oc2nc(N)c(F)cc2F)c(C(C)(C)C)c1. The Morgan fingerprint density at radius 3 is 2.38 bits per heavy atom. The summed E-state index contributed by atoms with van der Waals surface area (Å²) in [5, 5.41) is 0. The third-order valence-corrected chi connectivity index (χ3v) is 3.07. The van der Waals surface area contributed by atoms with Gasteiger partial charge in [0.05, 0.1) is 0 Å². The summed E-state index contributed by atoms with van der Waals surface area (Å²) >= 11 is 0. The molecular formula is C16H18F2N2O. The first kappa shape index (κ1) is 15.2. The Hall–Kier alpha value is -2.17. The number of nitrogens with two attached hydrogens (primary N) is 1. The van der Waals surface area contributed by atoms with E-state index >= 15 is 0 Å². The van der Waals surface area contributed by atoms with Crippen molar-refractivity contribution in [1.29, 1.82) is 0 Å². The standard InChI is InChI=1S/C16H18F2N2O/c1-9-5-6-13(10(7-9)16(2,3)4)21-15-12(18)8-11(17)14(19)20-15/h5-8H,1-4H3,(H2,19,20). The van der Waals surface area contributed by atoms with Crippen LogP contribution in [0.15, 0.2) is 24.3 Å². The van der Waals surface area contributed by atoms with Crippen molar-refractivity contribution < 1.29 is 13.5 Å². The first-order chi connectivity index (χ1) is 9.68. The molecule has 0 fully saturated rings. The first-order valence-corrected chi connectivity index (χ1v) is 6.59. The van der Waals surface area contributed by atoms with Crippen molar-refractivity contribution in [1.82, 2.24) is 4.98 Å². The van der Waals surface area contributed by atoms with Crippen LogP contribution in [0.25, 0.3) is 0 Å². The van der Waals surface area contributed by atoms with Crippen LogP contribution in [-0.4, -0.2) is 4.98 Å². The lowest BCUT2D eigenvalue weighted by Gasteiger charge is -2.23. The third-order valence-electron chi connectivity index (χ3n) is 3.07. The molecule has 0 aliphatic carbocycles. The number of hydrogen-bond donors (Lipinski definition) is 1. The van der Waals surface area contributed by atoms with E-state index < -0.39 is 17.5 Å². The van der Waals surface area contributed by atoms with E-state index in [-0.39, 0.29) is 11.3 Å². The van der Waals surface area contributed by atoms with Crippen LogP contribution >= 0.6 is 0 Å². The van der Waals surface area contributed by atoms with Crippen LogP contribution < -0.4 is 10.5 Å². The molecule has 0 bridgehead atoms. The van der Waals surface area contributed by atoms with Gasteiger partial charge in [0.15, 0.2) is 17.5 Å². The summed E-state index contributed by atoms with van der Waals surface area (Å²) in [6.45, 7) is 8.04. The van der Waals surface area contributed by atoms with Crippen molar-refractivity contribution in [2.24, 2.45) is 0 Å². The van der Waals surface area contributed by atoms with Crippen LogP contribution in [0.3, 0.4) is 0 Å². The predicted molar refractivity (Wildman–Crippen MR) is 78.5 cm³/mol. The molecule has 0 aliphatic rings. The van der Waals surface area contributed by atoms with E-state index in [0.717, 1.165) is 11.1 Å². The first-order valence-electron chi connectivity index (χ1n) is 6.59. The maximum absolute atomic E-state index is 13.7. The van der Waals surface area contributed by atoms with Gasteiger partial charge in [-0.2, -0.15) is 4.98 Å². The average molecular weight is 292 g/mol. The van der Waals surface area contributed by atoms with E-state index in [1.165, 1.54) is 0 Å². The van der Waals surface area contributed by atoms with Crippen LogP contribution in [0.2, 0.25) is 0 Å². The molecule has 2 rings (SSSR count). The zero-order valence-electron chi connectivity index (χ0n) is 12.5. The second-order valence-corrected chi connectivity index (χ2v) is 5.99. The second-order valence-electron chi connectivity index (χ2n) is 5.99. The molecule has 0 spiro atoms. The monoisotopic (exact) mass is 292 g/mol. The summed E-state index contributed by atoms with van der Waals surface area (Å²) in [4.78, 5) is 3.62. The fourth-order valence-electron chi connectivity index (χ4n) is 1.96. The maximum atomic E-state index is 13.7. The molecule has 112 valence electrons. The van der Waals surface area contributed by atoms with Gasteiger partial charge in [-0.3, -0.25) is 0 Å². The van der Waals surface area contributed by atoms with E-state index in [2.05, 4.69) is 4.98 Å². The maximum Gasteiger partial charge on any atom is 0.258 e. The Morgan fingerprint density at radius 2 is 1.76 bits per heavy atom. The van der Waals surface area contributed by atoms with Gasteiger partial charge in [-0.1, -0.05) is 38.5 Å². The number of rotatable bonds is 2. The van der Waals surface area contributed by atoms with E-state index in [0.29, 0.717) is 11.8 Å². The van der Waals surface area contributed by atoms with Gasteiger partial charge in [0.25, 0.3) is 5.88 Å². The predicted octanol–water partition coefficient (Wildman–Crippen LogP) is 4.34. The zero-order valence-corrected chi connectivity index (χ0v) is 12.5. The Balaban J connectivity index is 2.47. The van der Waals surface area contributed by atoms with Gasteiger partial charge in [0, 0.05) is 11.6 Å². The Morgan fingerprint density at radius 1 is 1.10 bits per heavy atom. The van der Waals surface area contributed by atoms with Crippen molar-refractivity contribution in [3.63, 3.8) is 0 Å². The molecular weight excluding hydrogens is 274 g/mol. The minimum Gasteiger partial charge on any atom is -0.436 e. The van der Waals surface area contributed by atoms with Crippen LogP contribution in [0.5, 0.6) is 11.6 Å². The lowest BCUT2D eigenvalue weighted by Crippen LogP contribution is -2.13. The normalized spacial score (nSPS) is 11.5. The summed E-state index contributed by atoms with van der Waals surface area (Å²) in [5.74, 6) is -2.04. The van der Waals surface area contributed by atoms with Gasteiger partial charge in [-0.15, -0.1) is 0 Å². The summed E-state index contributed by atoms with van der Waals surface area (Å²) in [6, 6.07) is 6.24. The number of aryl methyl sites for hydroxylation is 1. The molecule has 0 unspecified atom stereocenters. The van der Waals surface area contributed by atoms with E-state index in [4.69, 9.17) is 10.5 Å². The number of nitrogens with zero attached hydrogens (tertiary/aromatic N) is 1. The summed E-state index contributed by atoms with van der Waals surface area (Å²) in [7, 11) is 0. The number of aromatic nitrogens is 1. The van der Waals surface area contributed by atoms with Gasteiger partial charge < -0.3 is 10.5 Å². The highest BCUT2D eigenvalue weighted by molar-refractivity contribution is 5.44. The Bertz CT molecular complexity index is 679. The van der Waals surface area contributed by atoms with E-state index in [1.54, 1.807) is 6.07 Å². The average Bonchev–Trinajstić information content (AvgIpc) is 2.36. The van der Waals surface area contributed by atoms with E-state index in [1.807, 2.05) is 39.8 Å². The number of pyridine rings is 1. The van der Waals surface area contributed by atoms with Crippen LogP contribution in [0.4, 0.5) is 14.6 Å². The van der Waals surface area contributed by atoms with Crippen LogP contribution in [-0.2, 0) is 5.41 Å². The lowest BCUT2D eigenvalue weighted by atomic mass is 9.85. The number of hydrogen-bond acceptors (Lipinski definition) is 3. The fraction of sp³-hybridized carbons (Fsp3) is 0.312. The molecule has 1 heterocycles. The van der Waals surface area contributed by atoms with Crippen molar-refractivity contribution in [3.05, 3.63) is 47.0 Å². The van der Waals surface area contributed by atoms with Gasteiger partial charge >= 0.3 is 0 Å². The highest BCUT2D eigenvalue weighted by Crippen LogP contribution is 2.35. The van der Waals surface area contributed by atoms with Crippen molar-refractivity contribution in [2.45, 2.75) is 33.1 Å². The van der Waals surface area contributed by atoms with Crippen LogP contribution in [0, 0.1) is 18.6 Å². The summed E-state index contributed by atoms with van der Waals surface area (Å²) < 4.78 is 32.4. The van der Waals surface area contributed by atoms with Crippen LogP contribution in [0.1, 0.15) is 31.9 Å². The lowest BCUT2D eigenvalue weighted by molar-refractivity contribution is 0.404. The molecule has 21 heavy (non-hydrogen) atoms. The fourth-order valence-corrected chi connectivity index (χ4v) is 1.96. The third kappa shape index (κ3) is 3.29. The number of anilines is 1. The number of benzene rings is 1. The molecule has 0 aliphatic heterocycles. The Labute approximate surface area is 122 Å². The Kier molecular flexibility index (Phi) is 3.85. The highest BCUT2D eigenvalue weighted by Gasteiger charge is 2.21. The molecule has 1 aromatic carbocycles.